The van der Waals surface area contributed by atoms with E-state index in [1.807, 2.05) is 0 Å². The molecule has 0 aliphatic carbocycles. The Labute approximate surface area is 95.9 Å². The number of nitrogens with one attached hydrogen (secondary N) is 1. The van der Waals surface area contributed by atoms with E-state index in [4.69, 9.17) is 13.3 Å². The van der Waals surface area contributed by atoms with E-state index in [9.17, 15) is 0 Å². The lowest BCUT2D eigenvalue weighted by Crippen LogP contribution is -2.49. The third-order valence-corrected chi connectivity index (χ3v) is 8.38. The van der Waals surface area contributed by atoms with Gasteiger partial charge in [0.1, 0.15) is 9.68 Å². The number of hydrogen-bond donors (Lipinski definition) is 1. The predicted molar refractivity (Wildman–Crippen MR) is 62.9 cm³/mol. The lowest BCUT2D eigenvalue weighted by atomic mass is 10.2. The lowest BCUT2D eigenvalue weighted by molar-refractivity contribution is 0.109. The van der Waals surface area contributed by atoms with E-state index in [1.54, 1.807) is 21.3 Å². The fourth-order valence-electron chi connectivity index (χ4n) is 2.29. The zero-order valence-electron chi connectivity index (χ0n) is 10.0. The summed E-state index contributed by atoms with van der Waals surface area (Å²) in [6, 6.07) is 0. The van der Waals surface area contributed by atoms with Gasteiger partial charge in [0, 0.05) is 26.9 Å². The summed E-state index contributed by atoms with van der Waals surface area (Å²) in [6.07, 6.45) is 2.27. The monoisotopic (exact) mass is 247 g/mol. The molecular formula is C9H21NO3Si2. The van der Waals surface area contributed by atoms with Crippen LogP contribution in [0.1, 0.15) is 19.8 Å². The van der Waals surface area contributed by atoms with E-state index in [0.29, 0.717) is 11.1 Å². The van der Waals surface area contributed by atoms with Crippen molar-refractivity contribution < 1.29 is 13.3 Å². The van der Waals surface area contributed by atoms with Gasteiger partial charge in [-0.05, 0) is 24.9 Å². The van der Waals surface area contributed by atoms with Crippen molar-refractivity contribution in [3.05, 3.63) is 0 Å². The second-order valence-electron chi connectivity index (χ2n) is 3.70. The Morgan fingerprint density at radius 3 is 2.27 bits per heavy atom. The summed E-state index contributed by atoms with van der Waals surface area (Å²) in [6.45, 7) is 3.30. The SMILES string of the molecule is CCC(C1CCN[Si]1)[Si](OC)(OC)OC. The summed E-state index contributed by atoms with van der Waals surface area (Å²) >= 11 is 0. The first-order valence-corrected chi connectivity index (χ1v) is 8.25. The minimum atomic E-state index is -2.44. The van der Waals surface area contributed by atoms with E-state index in [-0.39, 0.29) is 0 Å². The zero-order chi connectivity index (χ0) is 11.3. The fraction of sp³-hybridized carbons (Fsp3) is 1.00. The minimum Gasteiger partial charge on any atom is -0.377 e. The molecule has 1 aliphatic rings. The van der Waals surface area contributed by atoms with Crippen LogP contribution in [0.4, 0.5) is 0 Å². The van der Waals surface area contributed by atoms with Gasteiger partial charge in [0.25, 0.3) is 0 Å². The Morgan fingerprint density at radius 1 is 1.33 bits per heavy atom. The Bertz CT molecular complexity index is 176. The summed E-state index contributed by atoms with van der Waals surface area (Å²) in [5.41, 5.74) is 1.08. The largest absolute Gasteiger partial charge is 0.503 e. The average Bonchev–Trinajstić information content (AvgIpc) is 2.79. The second-order valence-corrected chi connectivity index (χ2v) is 8.25. The molecule has 0 spiro atoms. The fourth-order valence-corrected chi connectivity index (χ4v) is 7.00. The molecule has 1 rings (SSSR count). The van der Waals surface area contributed by atoms with Crippen LogP contribution in [0.25, 0.3) is 0 Å². The van der Waals surface area contributed by atoms with Crippen molar-refractivity contribution in [1.29, 1.82) is 0 Å². The molecule has 0 aromatic carbocycles. The Kier molecular flexibility index (Phi) is 5.44. The van der Waals surface area contributed by atoms with Crippen molar-refractivity contribution >= 4 is 18.5 Å². The molecule has 0 saturated carbocycles. The molecule has 1 aliphatic heterocycles. The molecule has 4 nitrogen and oxygen atoms in total. The molecule has 0 aromatic heterocycles. The quantitative estimate of drug-likeness (QED) is 0.712. The molecule has 2 radical (unpaired) electrons. The van der Waals surface area contributed by atoms with Gasteiger partial charge in [-0.2, -0.15) is 0 Å². The van der Waals surface area contributed by atoms with Crippen LogP contribution in [0.15, 0.2) is 0 Å². The minimum absolute atomic E-state index is 0.422. The molecular weight excluding hydrogens is 226 g/mol. The van der Waals surface area contributed by atoms with Crippen molar-refractivity contribution in [3.63, 3.8) is 0 Å². The molecule has 0 aromatic rings. The first-order chi connectivity index (χ1) is 7.24. The smallest absolute Gasteiger partial charge is 0.377 e. The zero-order valence-corrected chi connectivity index (χ0v) is 12.0. The molecule has 6 heteroatoms. The average molecular weight is 247 g/mol. The van der Waals surface area contributed by atoms with Crippen LogP contribution in [0.3, 0.4) is 0 Å². The van der Waals surface area contributed by atoms with Gasteiger partial charge in [-0.15, -0.1) is 0 Å². The summed E-state index contributed by atoms with van der Waals surface area (Å²) in [5, 5.41) is 0. The highest BCUT2D eigenvalue weighted by atomic mass is 28.4. The number of rotatable bonds is 6. The van der Waals surface area contributed by atoms with Crippen molar-refractivity contribution in [2.24, 2.45) is 0 Å². The molecule has 1 N–H and O–H groups in total. The Hall–Kier alpha value is 0.274. The van der Waals surface area contributed by atoms with Gasteiger partial charge in [0.15, 0.2) is 0 Å². The molecule has 2 atom stereocenters. The first kappa shape index (κ1) is 13.3. The van der Waals surface area contributed by atoms with Gasteiger partial charge in [-0.25, -0.2) is 0 Å². The van der Waals surface area contributed by atoms with Crippen LogP contribution < -0.4 is 4.98 Å². The van der Waals surface area contributed by atoms with Crippen molar-refractivity contribution in [3.8, 4) is 0 Å². The standard InChI is InChI=1S/C9H21NO3Si2/c1-5-9(8-6-7-10-14-8)15(11-2,12-3)13-4/h8-10H,5-7H2,1-4H3. The molecule has 88 valence electrons. The topological polar surface area (TPSA) is 39.7 Å². The summed E-state index contributed by atoms with van der Waals surface area (Å²) in [7, 11) is 3.47. The van der Waals surface area contributed by atoms with E-state index in [2.05, 4.69) is 11.9 Å². The molecule has 2 unspecified atom stereocenters. The van der Waals surface area contributed by atoms with Crippen LogP contribution in [0.5, 0.6) is 0 Å². The van der Waals surface area contributed by atoms with E-state index in [0.717, 1.165) is 22.6 Å². The first-order valence-electron chi connectivity index (χ1n) is 5.37. The normalized spacial score (nSPS) is 24.4. The van der Waals surface area contributed by atoms with Gasteiger partial charge in [0.2, 0.25) is 0 Å². The van der Waals surface area contributed by atoms with Crippen LogP contribution in [-0.4, -0.2) is 46.4 Å². The summed E-state index contributed by atoms with van der Waals surface area (Å²) < 4.78 is 16.7. The van der Waals surface area contributed by atoms with Crippen LogP contribution in [0.2, 0.25) is 11.1 Å². The Balaban J connectivity index is 2.76. The van der Waals surface area contributed by atoms with E-state index >= 15 is 0 Å². The predicted octanol–water partition coefficient (Wildman–Crippen LogP) is 1.05. The Morgan fingerprint density at radius 2 is 1.93 bits per heavy atom. The van der Waals surface area contributed by atoms with E-state index in [1.165, 1.54) is 6.42 Å². The van der Waals surface area contributed by atoms with Crippen molar-refractivity contribution in [2.45, 2.75) is 30.8 Å². The lowest BCUT2D eigenvalue weighted by Gasteiger charge is -2.34. The van der Waals surface area contributed by atoms with Crippen molar-refractivity contribution in [2.75, 3.05) is 27.9 Å². The molecule has 0 amide bonds. The van der Waals surface area contributed by atoms with Gasteiger partial charge < -0.3 is 18.3 Å². The summed E-state index contributed by atoms with van der Waals surface area (Å²) in [4.78, 5) is 3.41. The second kappa shape index (κ2) is 6.12. The highest BCUT2D eigenvalue weighted by molar-refractivity contribution is 6.64. The van der Waals surface area contributed by atoms with Crippen molar-refractivity contribution in [1.82, 2.24) is 4.98 Å². The van der Waals surface area contributed by atoms with Crippen LogP contribution in [-0.2, 0) is 13.3 Å². The molecule has 15 heavy (non-hydrogen) atoms. The molecule has 1 heterocycles. The van der Waals surface area contributed by atoms with Crippen LogP contribution in [0, 0.1) is 0 Å². The maximum absolute atomic E-state index is 5.57. The van der Waals surface area contributed by atoms with Gasteiger partial charge >= 0.3 is 8.80 Å². The molecule has 1 fully saturated rings. The summed E-state index contributed by atoms with van der Waals surface area (Å²) in [5.74, 6) is 0. The number of hydrogen-bond acceptors (Lipinski definition) is 4. The van der Waals surface area contributed by atoms with Crippen LogP contribution >= 0.6 is 0 Å². The third kappa shape index (κ3) is 2.69. The van der Waals surface area contributed by atoms with Gasteiger partial charge in [-0.3, -0.25) is 0 Å². The molecule has 0 bridgehead atoms. The van der Waals surface area contributed by atoms with Gasteiger partial charge in [0.05, 0.1) is 0 Å². The highest BCUT2D eigenvalue weighted by Gasteiger charge is 2.50. The molecule has 1 saturated heterocycles. The third-order valence-electron chi connectivity index (χ3n) is 3.10. The van der Waals surface area contributed by atoms with Gasteiger partial charge in [-0.1, -0.05) is 6.92 Å². The highest BCUT2D eigenvalue weighted by Crippen LogP contribution is 2.40. The maximum atomic E-state index is 5.57. The van der Waals surface area contributed by atoms with E-state index < -0.39 is 8.80 Å². The maximum Gasteiger partial charge on any atom is 0.503 e.